The number of fused-ring (bicyclic) bond motifs is 3. The van der Waals surface area contributed by atoms with Gasteiger partial charge in [0, 0.05) is 26.6 Å². The van der Waals surface area contributed by atoms with Gasteiger partial charge in [-0.05, 0) is 81.0 Å². The number of rotatable bonds is 5. The molecule has 0 fully saturated rings. The molecule has 0 N–H and O–H groups in total. The van der Waals surface area contributed by atoms with Crippen LogP contribution in [0.3, 0.4) is 0 Å². The van der Waals surface area contributed by atoms with Crippen LogP contribution in [0.4, 0.5) is 17.1 Å². The third kappa shape index (κ3) is 5.10. The van der Waals surface area contributed by atoms with E-state index < -0.39 is 0 Å². The monoisotopic (exact) mass is 637 g/mol. The molecule has 0 amide bonds. The Bertz CT molecular complexity index is 2390. The standard InChI is InChI=1S/C42H27N3S2/c1-2-10-28(11-3-1)29-20-22-31(23-21-29)42-43-41(44-47-42)33-14-8-15-34(26-33)45-37-18-6-7-19-39(37)46-40-27-32(24-25-38(40)45)36-17-9-13-30-12-4-5-16-35(30)36/h1-27H. The normalized spacial score (nSPS) is 12.1. The largest absolute Gasteiger partial charge is 0.308 e. The van der Waals surface area contributed by atoms with E-state index in [4.69, 9.17) is 9.36 Å². The molecular weight excluding hydrogens is 611 g/mol. The number of hydrogen-bond donors (Lipinski definition) is 0. The molecule has 5 heteroatoms. The van der Waals surface area contributed by atoms with Crippen molar-refractivity contribution in [1.82, 2.24) is 9.36 Å². The van der Waals surface area contributed by atoms with Gasteiger partial charge in [0.15, 0.2) is 5.82 Å². The summed E-state index contributed by atoms with van der Waals surface area (Å²) in [6.45, 7) is 0. The van der Waals surface area contributed by atoms with Gasteiger partial charge in [-0.15, -0.1) is 0 Å². The summed E-state index contributed by atoms with van der Waals surface area (Å²) in [5.41, 5.74) is 10.4. The molecule has 1 aliphatic heterocycles. The van der Waals surface area contributed by atoms with Gasteiger partial charge in [-0.1, -0.05) is 139 Å². The lowest BCUT2D eigenvalue weighted by molar-refractivity contribution is 1.16. The number of para-hydroxylation sites is 1. The van der Waals surface area contributed by atoms with E-state index in [0.29, 0.717) is 0 Å². The van der Waals surface area contributed by atoms with Crippen LogP contribution in [0.1, 0.15) is 0 Å². The number of aromatic nitrogens is 2. The molecule has 0 aliphatic carbocycles. The van der Waals surface area contributed by atoms with E-state index in [9.17, 15) is 0 Å². The first-order valence-electron chi connectivity index (χ1n) is 15.6. The molecule has 0 spiro atoms. The van der Waals surface area contributed by atoms with Gasteiger partial charge in [0.2, 0.25) is 0 Å². The quantitative estimate of drug-likeness (QED) is 0.188. The van der Waals surface area contributed by atoms with Gasteiger partial charge in [-0.3, -0.25) is 0 Å². The van der Waals surface area contributed by atoms with Crippen molar-refractivity contribution in [1.29, 1.82) is 0 Å². The lowest BCUT2D eigenvalue weighted by Gasteiger charge is -2.33. The fourth-order valence-electron chi connectivity index (χ4n) is 6.36. The molecule has 2 heterocycles. The highest BCUT2D eigenvalue weighted by Gasteiger charge is 2.26. The molecule has 9 rings (SSSR count). The van der Waals surface area contributed by atoms with Crippen LogP contribution in [0.2, 0.25) is 0 Å². The topological polar surface area (TPSA) is 29.0 Å². The summed E-state index contributed by atoms with van der Waals surface area (Å²) in [5, 5.41) is 3.43. The fourth-order valence-corrected chi connectivity index (χ4v) is 8.14. The van der Waals surface area contributed by atoms with Crippen molar-refractivity contribution in [3.05, 3.63) is 164 Å². The molecule has 0 radical (unpaired) electrons. The summed E-state index contributed by atoms with van der Waals surface area (Å²) in [5.74, 6) is 0.741. The average molecular weight is 638 g/mol. The van der Waals surface area contributed by atoms with Crippen LogP contribution < -0.4 is 4.90 Å². The van der Waals surface area contributed by atoms with E-state index in [2.05, 4.69) is 163 Å². The minimum Gasteiger partial charge on any atom is -0.308 e. The number of hydrogen-bond acceptors (Lipinski definition) is 5. The van der Waals surface area contributed by atoms with Crippen LogP contribution in [-0.2, 0) is 0 Å². The van der Waals surface area contributed by atoms with Crippen LogP contribution in [0, 0.1) is 0 Å². The van der Waals surface area contributed by atoms with Crippen molar-refractivity contribution in [2.75, 3.05) is 4.90 Å². The van der Waals surface area contributed by atoms with Gasteiger partial charge < -0.3 is 4.90 Å². The SMILES string of the molecule is c1ccc(-c2ccc(-c3nc(-c4cccc(N5c6ccccc6Sc6cc(-c7cccc8ccccc78)ccc65)c4)ns3)cc2)cc1. The molecule has 7 aromatic carbocycles. The molecule has 0 unspecified atom stereocenters. The zero-order chi connectivity index (χ0) is 31.2. The second-order valence-corrected chi connectivity index (χ2v) is 13.4. The number of benzene rings is 7. The molecule has 47 heavy (non-hydrogen) atoms. The van der Waals surface area contributed by atoms with Gasteiger partial charge in [0.25, 0.3) is 0 Å². The Hall–Kier alpha value is -5.49. The Morgan fingerprint density at radius 1 is 0.468 bits per heavy atom. The van der Waals surface area contributed by atoms with Gasteiger partial charge in [-0.2, -0.15) is 4.37 Å². The molecule has 0 bridgehead atoms. The van der Waals surface area contributed by atoms with E-state index in [1.54, 1.807) is 0 Å². The maximum absolute atomic E-state index is 4.98. The highest BCUT2D eigenvalue weighted by molar-refractivity contribution is 7.99. The Morgan fingerprint density at radius 2 is 1.15 bits per heavy atom. The summed E-state index contributed by atoms with van der Waals surface area (Å²) in [6.07, 6.45) is 0. The third-order valence-corrected chi connectivity index (χ3v) is 10.5. The van der Waals surface area contributed by atoms with Crippen molar-refractivity contribution >= 4 is 51.1 Å². The van der Waals surface area contributed by atoms with Crippen molar-refractivity contribution in [3.63, 3.8) is 0 Å². The molecule has 8 aromatic rings. The first-order valence-corrected chi connectivity index (χ1v) is 17.2. The predicted octanol–water partition coefficient (Wildman–Crippen LogP) is 12.3. The van der Waals surface area contributed by atoms with E-state index in [0.717, 1.165) is 27.6 Å². The Morgan fingerprint density at radius 3 is 2.06 bits per heavy atom. The second-order valence-electron chi connectivity index (χ2n) is 11.5. The van der Waals surface area contributed by atoms with E-state index in [1.165, 1.54) is 65.7 Å². The summed E-state index contributed by atoms with van der Waals surface area (Å²) in [4.78, 5) is 9.81. The smallest absolute Gasteiger partial charge is 0.173 e. The van der Waals surface area contributed by atoms with Gasteiger partial charge in [0.1, 0.15) is 5.01 Å². The van der Waals surface area contributed by atoms with E-state index in [-0.39, 0.29) is 0 Å². The zero-order valence-electron chi connectivity index (χ0n) is 25.2. The van der Waals surface area contributed by atoms with Crippen LogP contribution in [0.25, 0.3) is 55.0 Å². The third-order valence-electron chi connectivity index (χ3n) is 8.65. The molecular formula is C42H27N3S2. The van der Waals surface area contributed by atoms with Gasteiger partial charge in [0.05, 0.1) is 11.4 Å². The molecule has 0 saturated carbocycles. The van der Waals surface area contributed by atoms with Crippen LogP contribution in [0.15, 0.2) is 174 Å². The molecule has 0 atom stereocenters. The molecule has 1 aromatic heterocycles. The van der Waals surface area contributed by atoms with Crippen molar-refractivity contribution < 1.29 is 0 Å². The molecule has 222 valence electrons. The Balaban J connectivity index is 1.07. The first kappa shape index (κ1) is 27.8. The van der Waals surface area contributed by atoms with E-state index >= 15 is 0 Å². The van der Waals surface area contributed by atoms with Crippen molar-refractivity contribution in [2.24, 2.45) is 0 Å². The fraction of sp³-hybridized carbons (Fsp3) is 0. The second kappa shape index (κ2) is 11.7. The average Bonchev–Trinajstić information content (AvgIpc) is 3.65. The summed E-state index contributed by atoms with van der Waals surface area (Å²) in [7, 11) is 0. The summed E-state index contributed by atoms with van der Waals surface area (Å²) < 4.78 is 4.80. The number of anilines is 3. The maximum Gasteiger partial charge on any atom is 0.173 e. The Labute approximate surface area is 282 Å². The lowest BCUT2D eigenvalue weighted by atomic mass is 9.98. The molecule has 1 aliphatic rings. The zero-order valence-corrected chi connectivity index (χ0v) is 26.9. The highest BCUT2D eigenvalue weighted by atomic mass is 32.2. The lowest BCUT2D eigenvalue weighted by Crippen LogP contribution is -2.14. The first-order chi connectivity index (χ1) is 23.3. The minimum absolute atomic E-state index is 0.741. The van der Waals surface area contributed by atoms with Crippen molar-refractivity contribution in [3.8, 4) is 44.2 Å². The Kier molecular flexibility index (Phi) is 6.92. The molecule has 3 nitrogen and oxygen atoms in total. The van der Waals surface area contributed by atoms with Crippen LogP contribution in [-0.4, -0.2) is 9.36 Å². The summed E-state index contributed by atoms with van der Waals surface area (Å²) in [6, 6.07) is 58.3. The van der Waals surface area contributed by atoms with Crippen LogP contribution >= 0.6 is 23.3 Å². The van der Waals surface area contributed by atoms with Crippen molar-refractivity contribution in [2.45, 2.75) is 9.79 Å². The number of nitrogens with zero attached hydrogens (tertiary/aromatic N) is 3. The summed E-state index contributed by atoms with van der Waals surface area (Å²) >= 11 is 3.27. The highest BCUT2D eigenvalue weighted by Crippen LogP contribution is 2.52. The van der Waals surface area contributed by atoms with Gasteiger partial charge >= 0.3 is 0 Å². The molecule has 0 saturated heterocycles. The predicted molar refractivity (Wildman–Crippen MR) is 198 cm³/mol. The minimum atomic E-state index is 0.741. The van der Waals surface area contributed by atoms with Crippen LogP contribution in [0.5, 0.6) is 0 Å². The van der Waals surface area contributed by atoms with Gasteiger partial charge in [-0.25, -0.2) is 4.98 Å². The van der Waals surface area contributed by atoms with E-state index in [1.807, 2.05) is 17.8 Å². The maximum atomic E-state index is 4.98.